The number of fused-ring (bicyclic) bond motifs is 1. The average molecular weight is 312 g/mol. The summed E-state index contributed by atoms with van der Waals surface area (Å²) in [6.45, 7) is 14.9. The van der Waals surface area contributed by atoms with E-state index in [0.29, 0.717) is 0 Å². The van der Waals surface area contributed by atoms with Crippen LogP contribution in [0.5, 0.6) is 0 Å². The van der Waals surface area contributed by atoms with Gasteiger partial charge in [-0.1, -0.05) is 71.0 Å². The van der Waals surface area contributed by atoms with Crippen LogP contribution in [0.2, 0.25) is 0 Å². The smallest absolute Gasteiger partial charge is 0.0208 e. The van der Waals surface area contributed by atoms with E-state index >= 15 is 0 Å². The Kier molecular flexibility index (Phi) is 8.65. The Bertz CT molecular complexity index is 567. The first-order valence-electron chi connectivity index (χ1n) is 8.96. The van der Waals surface area contributed by atoms with Crippen molar-refractivity contribution in [3.8, 4) is 11.1 Å². The minimum absolute atomic E-state index is 0.833. The fourth-order valence-electron chi connectivity index (χ4n) is 2.64. The summed E-state index contributed by atoms with van der Waals surface area (Å²) in [7, 11) is 0. The van der Waals surface area contributed by atoms with Crippen molar-refractivity contribution in [1.82, 2.24) is 5.32 Å². The molecule has 3 rings (SSSR count). The number of benzene rings is 2. The lowest BCUT2D eigenvalue weighted by Crippen LogP contribution is -2.24. The fraction of sp³-hybridized carbons (Fsp3) is 0.455. The van der Waals surface area contributed by atoms with Crippen LogP contribution in [-0.4, -0.2) is 6.54 Å². The molecule has 0 fully saturated rings. The van der Waals surface area contributed by atoms with Crippen molar-refractivity contribution in [1.29, 1.82) is 0 Å². The summed E-state index contributed by atoms with van der Waals surface area (Å²) in [5.41, 5.74) is 7.09. The van der Waals surface area contributed by atoms with Gasteiger partial charge in [-0.3, -0.25) is 0 Å². The van der Waals surface area contributed by atoms with Crippen LogP contribution < -0.4 is 5.32 Å². The van der Waals surface area contributed by atoms with Crippen LogP contribution in [0.15, 0.2) is 42.5 Å². The quantitative estimate of drug-likeness (QED) is 0.681. The van der Waals surface area contributed by atoms with E-state index in [1.165, 1.54) is 22.3 Å². The second-order valence-electron chi connectivity index (χ2n) is 6.46. The summed E-state index contributed by atoms with van der Waals surface area (Å²) in [5, 5.41) is 3.45. The Morgan fingerprint density at radius 2 is 1.52 bits per heavy atom. The van der Waals surface area contributed by atoms with Crippen LogP contribution in [0.1, 0.15) is 51.3 Å². The third-order valence-electron chi connectivity index (χ3n) is 3.54. The molecule has 0 amide bonds. The molecule has 0 bridgehead atoms. The van der Waals surface area contributed by atoms with Gasteiger partial charge in [-0.25, -0.2) is 0 Å². The number of hydrogen-bond acceptors (Lipinski definition) is 1. The zero-order valence-corrected chi connectivity index (χ0v) is 15.7. The van der Waals surface area contributed by atoms with Crippen molar-refractivity contribution in [2.24, 2.45) is 5.92 Å². The molecule has 2 aromatic carbocycles. The highest BCUT2D eigenvalue weighted by molar-refractivity contribution is 5.66. The highest BCUT2D eigenvalue weighted by atomic mass is 14.9. The minimum atomic E-state index is 0.833. The molecule has 1 heterocycles. The van der Waals surface area contributed by atoms with Gasteiger partial charge in [0.15, 0.2) is 0 Å². The zero-order valence-electron chi connectivity index (χ0n) is 15.7. The van der Waals surface area contributed by atoms with Crippen molar-refractivity contribution in [3.05, 3.63) is 59.2 Å². The van der Waals surface area contributed by atoms with Crippen molar-refractivity contribution >= 4 is 0 Å². The third kappa shape index (κ3) is 6.19. The minimum Gasteiger partial charge on any atom is -0.312 e. The maximum absolute atomic E-state index is 3.45. The molecule has 2 aromatic rings. The van der Waals surface area contributed by atoms with Gasteiger partial charge in [-0.15, -0.1) is 0 Å². The van der Waals surface area contributed by atoms with Gasteiger partial charge in [0.25, 0.3) is 0 Å². The van der Waals surface area contributed by atoms with E-state index in [4.69, 9.17) is 0 Å². The normalized spacial score (nSPS) is 12.5. The average Bonchev–Trinajstić information content (AvgIpc) is 2.57. The zero-order chi connectivity index (χ0) is 17.2. The summed E-state index contributed by atoms with van der Waals surface area (Å²) < 4.78 is 0. The van der Waals surface area contributed by atoms with Gasteiger partial charge < -0.3 is 5.32 Å². The van der Waals surface area contributed by atoms with Gasteiger partial charge in [0.2, 0.25) is 0 Å². The third-order valence-corrected chi connectivity index (χ3v) is 3.54. The molecule has 0 unspecified atom stereocenters. The van der Waals surface area contributed by atoms with Crippen LogP contribution in [0.4, 0.5) is 0 Å². The molecule has 1 heteroatoms. The first-order chi connectivity index (χ1) is 11.1. The van der Waals surface area contributed by atoms with Crippen LogP contribution >= 0.6 is 0 Å². The molecular formula is C22H33N. The summed E-state index contributed by atoms with van der Waals surface area (Å²) >= 11 is 0. The van der Waals surface area contributed by atoms with Gasteiger partial charge in [-0.05, 0) is 59.7 Å². The van der Waals surface area contributed by atoms with E-state index in [1.54, 1.807) is 5.56 Å². The molecule has 0 aliphatic carbocycles. The Balaban J connectivity index is 0.000000388. The predicted molar refractivity (Wildman–Crippen MR) is 104 cm³/mol. The highest BCUT2D eigenvalue weighted by Gasteiger charge is 2.12. The largest absolute Gasteiger partial charge is 0.312 e. The Labute approximate surface area is 143 Å². The summed E-state index contributed by atoms with van der Waals surface area (Å²) in [5.74, 6) is 0.833. The molecule has 0 radical (unpaired) electrons. The van der Waals surface area contributed by atoms with E-state index in [0.717, 1.165) is 25.4 Å². The van der Waals surface area contributed by atoms with Crippen LogP contribution in [0.3, 0.4) is 0 Å². The molecule has 1 aliphatic rings. The summed E-state index contributed by atoms with van der Waals surface area (Å²) in [6, 6.07) is 15.3. The van der Waals surface area contributed by atoms with Crippen molar-refractivity contribution in [3.63, 3.8) is 0 Å². The maximum Gasteiger partial charge on any atom is 0.0208 e. The standard InChI is InChI=1S/C16H17N.C4H10.C2H6/c1-12-9-14(13-5-3-2-4-6-13)10-15-11-17-8-7-16(12)15;1-4(2)3;1-2/h2-6,9-10,17H,7-8,11H2,1H3;4H,1-3H3;1-2H3. The van der Waals surface area contributed by atoms with Gasteiger partial charge in [0.05, 0.1) is 0 Å². The topological polar surface area (TPSA) is 12.0 Å². The van der Waals surface area contributed by atoms with Crippen molar-refractivity contribution in [2.45, 2.75) is 54.5 Å². The number of nitrogens with one attached hydrogen (secondary N) is 1. The lowest BCUT2D eigenvalue weighted by molar-refractivity contribution is 0.641. The molecule has 0 aromatic heterocycles. The number of rotatable bonds is 1. The van der Waals surface area contributed by atoms with E-state index in [1.807, 2.05) is 13.8 Å². The Hall–Kier alpha value is -1.60. The number of hydrogen-bond donors (Lipinski definition) is 1. The molecule has 1 aliphatic heterocycles. The molecule has 0 spiro atoms. The molecule has 126 valence electrons. The molecule has 1 nitrogen and oxygen atoms in total. The van der Waals surface area contributed by atoms with Gasteiger partial charge in [0.1, 0.15) is 0 Å². The molecule has 0 saturated carbocycles. The molecular weight excluding hydrogens is 278 g/mol. The van der Waals surface area contributed by atoms with E-state index in [9.17, 15) is 0 Å². The van der Waals surface area contributed by atoms with Gasteiger partial charge >= 0.3 is 0 Å². The van der Waals surface area contributed by atoms with E-state index in [2.05, 4.69) is 75.5 Å². The first kappa shape index (κ1) is 19.4. The van der Waals surface area contributed by atoms with Gasteiger partial charge in [0, 0.05) is 6.54 Å². The predicted octanol–water partition coefficient (Wildman–Crippen LogP) is 6.00. The first-order valence-corrected chi connectivity index (χ1v) is 8.96. The molecule has 0 saturated heterocycles. The van der Waals surface area contributed by atoms with Crippen LogP contribution in [0, 0.1) is 12.8 Å². The second kappa shape index (κ2) is 10.2. The van der Waals surface area contributed by atoms with Crippen molar-refractivity contribution < 1.29 is 0 Å². The molecule has 23 heavy (non-hydrogen) atoms. The van der Waals surface area contributed by atoms with Crippen LogP contribution in [-0.2, 0) is 13.0 Å². The SMILES string of the molecule is CC.CC(C)C.Cc1cc(-c2ccccc2)cc2c1CCNC2. The number of aryl methyl sites for hydroxylation is 1. The van der Waals surface area contributed by atoms with E-state index < -0.39 is 0 Å². The lowest BCUT2D eigenvalue weighted by Gasteiger charge is -2.20. The Morgan fingerprint density at radius 3 is 2.13 bits per heavy atom. The van der Waals surface area contributed by atoms with Gasteiger partial charge in [-0.2, -0.15) is 0 Å². The molecule has 0 atom stereocenters. The maximum atomic E-state index is 3.45. The fourth-order valence-corrected chi connectivity index (χ4v) is 2.64. The monoisotopic (exact) mass is 311 g/mol. The highest BCUT2D eigenvalue weighted by Crippen LogP contribution is 2.27. The van der Waals surface area contributed by atoms with Crippen LogP contribution in [0.25, 0.3) is 11.1 Å². The summed E-state index contributed by atoms with van der Waals surface area (Å²) in [4.78, 5) is 0. The van der Waals surface area contributed by atoms with E-state index in [-0.39, 0.29) is 0 Å². The van der Waals surface area contributed by atoms with Crippen molar-refractivity contribution in [2.75, 3.05) is 6.54 Å². The molecule has 1 N–H and O–H groups in total. The Morgan fingerprint density at radius 1 is 0.913 bits per heavy atom. The lowest BCUT2D eigenvalue weighted by atomic mass is 9.91. The second-order valence-corrected chi connectivity index (χ2v) is 6.46. The summed E-state index contributed by atoms with van der Waals surface area (Å²) in [6.07, 6.45) is 1.16.